The zero-order valence-electron chi connectivity index (χ0n) is 15.5. The summed E-state index contributed by atoms with van der Waals surface area (Å²) in [6.07, 6.45) is 1.30. The van der Waals surface area contributed by atoms with Gasteiger partial charge in [-0.3, -0.25) is 19.7 Å². The minimum absolute atomic E-state index is 0.0742. The molecular formula is C20H18N3O6-. The monoisotopic (exact) mass is 396 g/mol. The van der Waals surface area contributed by atoms with Crippen LogP contribution in [0.5, 0.6) is 0 Å². The van der Waals surface area contributed by atoms with Crippen molar-refractivity contribution in [2.45, 2.75) is 19.4 Å². The van der Waals surface area contributed by atoms with Gasteiger partial charge in [0.2, 0.25) is 0 Å². The maximum Gasteiger partial charge on any atom is 0.270 e. The Balaban J connectivity index is 2.37. The zero-order valence-corrected chi connectivity index (χ0v) is 15.5. The number of hydrogen-bond donors (Lipinski definition) is 2. The molecule has 2 N–H and O–H groups in total. The van der Waals surface area contributed by atoms with Crippen LogP contribution in [-0.2, 0) is 9.59 Å². The number of nitro benzene ring substituents is 1. The Hall–Kier alpha value is -4.01. The van der Waals surface area contributed by atoms with Gasteiger partial charge in [-0.25, -0.2) is 0 Å². The van der Waals surface area contributed by atoms with Gasteiger partial charge in [-0.2, -0.15) is 0 Å². The fourth-order valence-corrected chi connectivity index (χ4v) is 2.40. The number of benzene rings is 2. The van der Waals surface area contributed by atoms with E-state index in [1.54, 1.807) is 25.1 Å². The van der Waals surface area contributed by atoms with Gasteiger partial charge in [0.25, 0.3) is 17.5 Å². The molecule has 0 aromatic heterocycles. The van der Waals surface area contributed by atoms with Crippen LogP contribution in [0.25, 0.3) is 6.08 Å². The van der Waals surface area contributed by atoms with Crippen LogP contribution in [0.15, 0.2) is 60.3 Å². The van der Waals surface area contributed by atoms with Gasteiger partial charge in [0.15, 0.2) is 0 Å². The van der Waals surface area contributed by atoms with Gasteiger partial charge in [-0.15, -0.1) is 0 Å². The third-order valence-corrected chi connectivity index (χ3v) is 3.92. The molecule has 9 heteroatoms. The molecule has 0 saturated carbocycles. The van der Waals surface area contributed by atoms with Crippen molar-refractivity contribution in [1.82, 2.24) is 10.6 Å². The maximum absolute atomic E-state index is 12.6. The second kappa shape index (κ2) is 9.79. The Morgan fingerprint density at radius 2 is 1.79 bits per heavy atom. The highest BCUT2D eigenvalue weighted by atomic mass is 16.6. The van der Waals surface area contributed by atoms with Crippen molar-refractivity contribution in [3.05, 3.63) is 81.5 Å². The summed E-state index contributed by atoms with van der Waals surface area (Å²) in [6, 6.07) is 12.2. The van der Waals surface area contributed by atoms with E-state index >= 15 is 0 Å². The van der Waals surface area contributed by atoms with Gasteiger partial charge in [0.1, 0.15) is 5.70 Å². The van der Waals surface area contributed by atoms with E-state index in [1.165, 1.54) is 42.5 Å². The van der Waals surface area contributed by atoms with Crippen molar-refractivity contribution in [1.29, 1.82) is 0 Å². The van der Waals surface area contributed by atoms with Gasteiger partial charge in [-0.05, 0) is 30.2 Å². The highest BCUT2D eigenvalue weighted by Gasteiger charge is 2.18. The molecule has 0 unspecified atom stereocenters. The number of nitrogens with zero attached hydrogens (tertiary/aromatic N) is 1. The molecule has 9 nitrogen and oxygen atoms in total. The van der Waals surface area contributed by atoms with Crippen molar-refractivity contribution in [2.75, 3.05) is 0 Å². The molecule has 29 heavy (non-hydrogen) atoms. The van der Waals surface area contributed by atoms with Crippen LogP contribution in [0, 0.1) is 10.1 Å². The molecule has 2 aromatic rings. The third-order valence-electron chi connectivity index (χ3n) is 3.92. The van der Waals surface area contributed by atoms with E-state index < -0.39 is 28.7 Å². The van der Waals surface area contributed by atoms with Gasteiger partial charge < -0.3 is 20.5 Å². The number of carbonyl (C=O) groups excluding carboxylic acids is 3. The lowest BCUT2D eigenvalue weighted by Gasteiger charge is -2.19. The van der Waals surface area contributed by atoms with Gasteiger partial charge in [0.05, 0.1) is 16.9 Å². The lowest BCUT2D eigenvalue weighted by atomic mass is 10.1. The maximum atomic E-state index is 12.6. The van der Waals surface area contributed by atoms with Crippen molar-refractivity contribution in [3.63, 3.8) is 0 Å². The second-order valence-electron chi connectivity index (χ2n) is 5.98. The summed E-state index contributed by atoms with van der Waals surface area (Å²) >= 11 is 0. The summed E-state index contributed by atoms with van der Waals surface area (Å²) in [5.41, 5.74) is 0.0875. The lowest BCUT2D eigenvalue weighted by molar-refractivity contribution is -0.384. The quantitative estimate of drug-likeness (QED) is 0.387. The molecule has 0 bridgehead atoms. The predicted molar refractivity (Wildman–Crippen MR) is 102 cm³/mol. The molecule has 0 fully saturated rings. The number of nitrogens with one attached hydrogen (secondary N) is 2. The average molecular weight is 396 g/mol. The van der Waals surface area contributed by atoms with E-state index in [1.807, 2.05) is 0 Å². The number of amides is 2. The molecular weight excluding hydrogens is 378 g/mol. The third kappa shape index (κ3) is 5.99. The molecule has 0 aliphatic carbocycles. The summed E-state index contributed by atoms with van der Waals surface area (Å²) in [7, 11) is 0. The first-order valence-corrected chi connectivity index (χ1v) is 8.66. The van der Waals surface area contributed by atoms with Crippen molar-refractivity contribution >= 4 is 29.5 Å². The standard InChI is InChI=1S/C20H19N3O6/c1-2-16(20(26)27)21-19(25)17(22-18(24)14-8-4-3-5-9-14)12-13-7-6-10-15(11-13)23(28)29/h3-12,16H,2H2,1H3,(H,21,25)(H,22,24)(H,26,27)/p-1/b17-12+/t16-/m1/s1. The molecule has 2 rings (SSSR count). The van der Waals surface area contributed by atoms with E-state index in [0.717, 1.165) is 0 Å². The number of carboxylic acid groups (broad SMARTS) is 1. The second-order valence-corrected chi connectivity index (χ2v) is 5.98. The van der Waals surface area contributed by atoms with Crippen LogP contribution < -0.4 is 15.7 Å². The number of hydrogen-bond acceptors (Lipinski definition) is 6. The van der Waals surface area contributed by atoms with E-state index in [9.17, 15) is 29.6 Å². The largest absolute Gasteiger partial charge is 0.548 e. The highest BCUT2D eigenvalue weighted by molar-refractivity contribution is 6.06. The summed E-state index contributed by atoms with van der Waals surface area (Å²) in [5, 5.41) is 26.7. The molecule has 0 aliphatic rings. The number of carbonyl (C=O) groups is 3. The van der Waals surface area contributed by atoms with Crippen molar-refractivity contribution in [3.8, 4) is 0 Å². The van der Waals surface area contributed by atoms with Crippen LogP contribution >= 0.6 is 0 Å². The van der Waals surface area contributed by atoms with Crippen molar-refractivity contribution in [2.24, 2.45) is 0 Å². The van der Waals surface area contributed by atoms with Crippen LogP contribution in [-0.4, -0.2) is 28.7 Å². The topological polar surface area (TPSA) is 141 Å². The number of nitro groups is 1. The highest BCUT2D eigenvalue weighted by Crippen LogP contribution is 2.15. The first-order chi connectivity index (χ1) is 13.8. The smallest absolute Gasteiger partial charge is 0.270 e. The minimum Gasteiger partial charge on any atom is -0.548 e. The lowest BCUT2D eigenvalue weighted by Crippen LogP contribution is -2.49. The summed E-state index contributed by atoms with van der Waals surface area (Å²) in [6.45, 7) is 1.55. The molecule has 150 valence electrons. The van der Waals surface area contributed by atoms with Crippen LogP contribution in [0.2, 0.25) is 0 Å². The van der Waals surface area contributed by atoms with E-state index in [-0.39, 0.29) is 28.9 Å². The molecule has 2 aromatic carbocycles. The fraction of sp³-hybridized carbons (Fsp3) is 0.150. The number of rotatable bonds is 8. The van der Waals surface area contributed by atoms with Crippen LogP contribution in [0.1, 0.15) is 29.3 Å². The zero-order chi connectivity index (χ0) is 21.4. The van der Waals surface area contributed by atoms with E-state index in [0.29, 0.717) is 0 Å². The Morgan fingerprint density at radius 3 is 2.38 bits per heavy atom. The van der Waals surface area contributed by atoms with Gasteiger partial charge >= 0.3 is 0 Å². The Morgan fingerprint density at radius 1 is 1.10 bits per heavy atom. The van der Waals surface area contributed by atoms with E-state index in [2.05, 4.69) is 10.6 Å². The molecule has 2 amide bonds. The van der Waals surface area contributed by atoms with Crippen LogP contribution in [0.3, 0.4) is 0 Å². The van der Waals surface area contributed by atoms with Gasteiger partial charge in [-0.1, -0.05) is 37.3 Å². The molecule has 0 saturated heterocycles. The summed E-state index contributed by atoms with van der Waals surface area (Å²) in [5.74, 6) is -2.93. The first-order valence-electron chi connectivity index (χ1n) is 8.66. The summed E-state index contributed by atoms with van der Waals surface area (Å²) < 4.78 is 0. The Bertz CT molecular complexity index is 956. The molecule has 1 atom stereocenters. The van der Waals surface area contributed by atoms with Crippen LogP contribution in [0.4, 0.5) is 5.69 Å². The number of aliphatic carboxylic acids is 1. The summed E-state index contributed by atoms with van der Waals surface area (Å²) in [4.78, 5) is 46.5. The number of carboxylic acids is 1. The predicted octanol–water partition coefficient (Wildman–Crippen LogP) is 1.01. The molecule has 0 heterocycles. The number of non-ortho nitro benzene ring substituents is 1. The van der Waals surface area contributed by atoms with E-state index in [4.69, 9.17) is 0 Å². The minimum atomic E-state index is -1.47. The first kappa shape index (κ1) is 21.3. The molecule has 0 spiro atoms. The Labute approximate surface area is 166 Å². The fourth-order valence-electron chi connectivity index (χ4n) is 2.40. The molecule has 0 radical (unpaired) electrons. The van der Waals surface area contributed by atoms with Gasteiger partial charge in [0, 0.05) is 17.7 Å². The SMILES string of the molecule is CC[C@@H](NC(=O)/C(=C\c1cccc([N+](=O)[O-])c1)NC(=O)c1ccccc1)C(=O)[O-]. The average Bonchev–Trinajstić information content (AvgIpc) is 2.71. The Kier molecular flexibility index (Phi) is 7.19. The molecule has 0 aliphatic heterocycles. The van der Waals surface area contributed by atoms with Crippen molar-refractivity contribution < 1.29 is 24.4 Å². The normalized spacial score (nSPS) is 12.0.